The average Bonchev–Trinajstić information content (AvgIpc) is 2.28. The highest BCUT2D eigenvalue weighted by Crippen LogP contribution is 2.19. The second-order valence-electron chi connectivity index (χ2n) is 3.44. The lowest BCUT2D eigenvalue weighted by Crippen LogP contribution is -2.35. The smallest absolute Gasteiger partial charge is 0.318 e. The Morgan fingerprint density at radius 1 is 1.50 bits per heavy atom. The summed E-state index contributed by atoms with van der Waals surface area (Å²) in [6.07, 6.45) is 1.35. The molecule has 0 spiro atoms. The third-order valence-electron chi connectivity index (χ3n) is 2.08. The van der Waals surface area contributed by atoms with E-state index in [9.17, 15) is 13.2 Å². The summed E-state index contributed by atoms with van der Waals surface area (Å²) in [6.45, 7) is 2.77. The molecule has 0 saturated heterocycles. The lowest BCUT2D eigenvalue weighted by molar-refractivity contribution is -0.137. The topological polar surface area (TPSA) is 74.7 Å². The summed E-state index contributed by atoms with van der Waals surface area (Å²) in [7, 11) is -3.83. The fraction of sp³-hybridized carbons (Fsp3) is 0.182. The number of aliphatic carboxylic acids is 1. The van der Waals surface area contributed by atoms with Crippen LogP contribution in [0.3, 0.4) is 0 Å². The zero-order chi connectivity index (χ0) is 13.8. The molecular weight excluding hydrogens is 322 g/mol. The SMILES string of the molecule is C=CCN(CC(=O)O)S(=O)(=O)c1cccc(Br)c1. The van der Waals surface area contributed by atoms with E-state index in [4.69, 9.17) is 5.11 Å². The van der Waals surface area contributed by atoms with Gasteiger partial charge in [-0.2, -0.15) is 4.31 Å². The lowest BCUT2D eigenvalue weighted by Gasteiger charge is -2.18. The number of carboxylic acid groups (broad SMARTS) is 1. The first-order valence-corrected chi connectivity index (χ1v) is 7.19. The molecule has 0 aromatic heterocycles. The van der Waals surface area contributed by atoms with Crippen LogP contribution in [0.2, 0.25) is 0 Å². The predicted molar refractivity (Wildman–Crippen MR) is 70.7 cm³/mol. The van der Waals surface area contributed by atoms with Crippen molar-refractivity contribution >= 4 is 31.9 Å². The summed E-state index contributed by atoms with van der Waals surface area (Å²) >= 11 is 3.17. The minimum atomic E-state index is -3.83. The molecule has 0 aliphatic carbocycles. The fourth-order valence-corrected chi connectivity index (χ4v) is 3.28. The Bertz CT molecular complexity index is 556. The van der Waals surface area contributed by atoms with Crippen molar-refractivity contribution in [2.24, 2.45) is 0 Å². The van der Waals surface area contributed by atoms with Crippen LogP contribution in [0.5, 0.6) is 0 Å². The summed E-state index contributed by atoms with van der Waals surface area (Å²) in [5.41, 5.74) is 0. The van der Waals surface area contributed by atoms with E-state index < -0.39 is 22.5 Å². The van der Waals surface area contributed by atoms with Crippen LogP contribution in [0, 0.1) is 0 Å². The average molecular weight is 334 g/mol. The second-order valence-corrected chi connectivity index (χ2v) is 6.29. The molecule has 0 saturated carbocycles. The van der Waals surface area contributed by atoms with E-state index in [1.165, 1.54) is 18.2 Å². The monoisotopic (exact) mass is 333 g/mol. The van der Waals surface area contributed by atoms with Crippen LogP contribution in [-0.2, 0) is 14.8 Å². The molecule has 0 fully saturated rings. The molecule has 1 aromatic carbocycles. The Labute approximate surface area is 114 Å². The summed E-state index contributed by atoms with van der Waals surface area (Å²) < 4.78 is 25.9. The number of halogens is 1. The second kappa shape index (κ2) is 6.12. The normalized spacial score (nSPS) is 11.4. The lowest BCUT2D eigenvalue weighted by atomic mass is 10.4. The molecule has 1 rings (SSSR count). The molecule has 0 aliphatic rings. The van der Waals surface area contributed by atoms with Gasteiger partial charge in [0.25, 0.3) is 0 Å². The largest absolute Gasteiger partial charge is 0.480 e. The molecule has 0 amide bonds. The first kappa shape index (κ1) is 14.9. The van der Waals surface area contributed by atoms with Crippen molar-refractivity contribution in [2.75, 3.05) is 13.1 Å². The molecule has 0 radical (unpaired) electrons. The predicted octanol–water partition coefficient (Wildman–Crippen LogP) is 1.71. The molecule has 18 heavy (non-hydrogen) atoms. The quantitative estimate of drug-likeness (QED) is 0.804. The highest BCUT2D eigenvalue weighted by molar-refractivity contribution is 9.10. The van der Waals surface area contributed by atoms with Gasteiger partial charge in [0, 0.05) is 11.0 Å². The van der Waals surface area contributed by atoms with E-state index in [1.54, 1.807) is 12.1 Å². The number of benzene rings is 1. The Kier molecular flexibility index (Phi) is 5.06. The van der Waals surface area contributed by atoms with Gasteiger partial charge in [0.2, 0.25) is 10.0 Å². The Balaban J connectivity index is 3.16. The van der Waals surface area contributed by atoms with Gasteiger partial charge in [-0.3, -0.25) is 4.79 Å². The maximum Gasteiger partial charge on any atom is 0.318 e. The van der Waals surface area contributed by atoms with E-state index in [-0.39, 0.29) is 11.4 Å². The van der Waals surface area contributed by atoms with Crippen molar-refractivity contribution in [2.45, 2.75) is 4.90 Å². The molecule has 0 unspecified atom stereocenters. The van der Waals surface area contributed by atoms with Crippen molar-refractivity contribution in [3.8, 4) is 0 Å². The third kappa shape index (κ3) is 3.66. The maximum absolute atomic E-state index is 12.2. The van der Waals surface area contributed by atoms with Crippen LogP contribution in [0.1, 0.15) is 0 Å². The van der Waals surface area contributed by atoms with E-state index in [1.807, 2.05) is 0 Å². The van der Waals surface area contributed by atoms with Crippen molar-refractivity contribution in [3.05, 3.63) is 41.4 Å². The van der Waals surface area contributed by atoms with Crippen LogP contribution >= 0.6 is 15.9 Å². The fourth-order valence-electron chi connectivity index (χ4n) is 1.32. The summed E-state index contributed by atoms with van der Waals surface area (Å²) in [6, 6.07) is 6.10. The van der Waals surface area contributed by atoms with E-state index >= 15 is 0 Å². The van der Waals surface area contributed by atoms with Gasteiger partial charge in [0.15, 0.2) is 0 Å². The molecule has 7 heteroatoms. The Morgan fingerprint density at radius 3 is 2.67 bits per heavy atom. The summed E-state index contributed by atoms with van der Waals surface area (Å²) in [5, 5.41) is 8.73. The molecule has 98 valence electrons. The Morgan fingerprint density at radius 2 is 2.17 bits per heavy atom. The number of rotatable bonds is 6. The van der Waals surface area contributed by atoms with Crippen LogP contribution < -0.4 is 0 Å². The van der Waals surface area contributed by atoms with E-state index in [2.05, 4.69) is 22.5 Å². The van der Waals surface area contributed by atoms with Gasteiger partial charge in [-0.05, 0) is 18.2 Å². The standard InChI is InChI=1S/C11H12BrNO4S/c1-2-6-13(8-11(14)15)18(16,17)10-5-3-4-9(12)7-10/h2-5,7H,1,6,8H2,(H,14,15). The number of carboxylic acids is 1. The van der Waals surface area contributed by atoms with Crippen LogP contribution in [0.4, 0.5) is 0 Å². The number of hydrogen-bond donors (Lipinski definition) is 1. The van der Waals surface area contributed by atoms with Crippen molar-refractivity contribution < 1.29 is 18.3 Å². The van der Waals surface area contributed by atoms with Crippen LogP contribution in [0.25, 0.3) is 0 Å². The van der Waals surface area contributed by atoms with Gasteiger partial charge in [0.1, 0.15) is 6.54 Å². The first-order chi connectivity index (χ1) is 8.37. The van der Waals surface area contributed by atoms with Gasteiger partial charge < -0.3 is 5.11 Å². The van der Waals surface area contributed by atoms with Gasteiger partial charge in [-0.15, -0.1) is 6.58 Å². The highest BCUT2D eigenvalue weighted by Gasteiger charge is 2.25. The molecular formula is C11H12BrNO4S. The Hall–Kier alpha value is -1.18. The van der Waals surface area contributed by atoms with Gasteiger partial charge in [0.05, 0.1) is 4.90 Å². The minimum Gasteiger partial charge on any atom is -0.480 e. The zero-order valence-electron chi connectivity index (χ0n) is 9.41. The van der Waals surface area contributed by atoms with E-state index in [0.717, 1.165) is 4.31 Å². The van der Waals surface area contributed by atoms with Crippen LogP contribution in [-0.4, -0.2) is 36.9 Å². The molecule has 1 aromatic rings. The number of sulfonamides is 1. The van der Waals surface area contributed by atoms with E-state index in [0.29, 0.717) is 4.47 Å². The number of nitrogens with zero attached hydrogens (tertiary/aromatic N) is 1. The summed E-state index contributed by atoms with van der Waals surface area (Å²) in [5.74, 6) is -1.21. The van der Waals surface area contributed by atoms with Crippen molar-refractivity contribution in [3.63, 3.8) is 0 Å². The minimum absolute atomic E-state index is 0.0416. The highest BCUT2D eigenvalue weighted by atomic mass is 79.9. The molecule has 5 nitrogen and oxygen atoms in total. The zero-order valence-corrected chi connectivity index (χ0v) is 11.8. The molecule has 0 bridgehead atoms. The number of carbonyl (C=O) groups is 1. The molecule has 0 atom stereocenters. The molecule has 0 heterocycles. The van der Waals surface area contributed by atoms with Gasteiger partial charge in [-0.1, -0.05) is 28.1 Å². The summed E-state index contributed by atoms with van der Waals surface area (Å²) in [4.78, 5) is 10.7. The molecule has 1 N–H and O–H groups in total. The van der Waals surface area contributed by atoms with Crippen molar-refractivity contribution in [1.29, 1.82) is 0 Å². The maximum atomic E-state index is 12.2. The first-order valence-electron chi connectivity index (χ1n) is 4.96. The number of hydrogen-bond acceptors (Lipinski definition) is 3. The van der Waals surface area contributed by atoms with Crippen molar-refractivity contribution in [1.82, 2.24) is 4.31 Å². The van der Waals surface area contributed by atoms with Gasteiger partial charge in [-0.25, -0.2) is 8.42 Å². The van der Waals surface area contributed by atoms with Crippen LogP contribution in [0.15, 0.2) is 46.3 Å². The third-order valence-corrected chi connectivity index (χ3v) is 4.38. The molecule has 0 aliphatic heterocycles. The van der Waals surface area contributed by atoms with Gasteiger partial charge >= 0.3 is 5.97 Å².